The molecule has 2 aromatic carbocycles. The van der Waals surface area contributed by atoms with Gasteiger partial charge in [0.1, 0.15) is 5.82 Å². The molecule has 0 spiro atoms. The van der Waals surface area contributed by atoms with Crippen LogP contribution in [0, 0.1) is 5.82 Å². The lowest BCUT2D eigenvalue weighted by molar-refractivity contribution is 0.585. The molecule has 21 heavy (non-hydrogen) atoms. The van der Waals surface area contributed by atoms with E-state index in [1.807, 2.05) is 6.07 Å². The molecule has 2 rings (SSSR count). The Bertz CT molecular complexity index is 565. The van der Waals surface area contributed by atoms with E-state index in [-0.39, 0.29) is 11.9 Å². The Morgan fingerprint density at radius 3 is 2.33 bits per heavy atom. The van der Waals surface area contributed by atoms with Crippen LogP contribution in [0.3, 0.4) is 0 Å². The first kappa shape index (κ1) is 15.7. The summed E-state index contributed by atoms with van der Waals surface area (Å²) >= 11 is 0. The van der Waals surface area contributed by atoms with Crippen molar-refractivity contribution in [2.75, 3.05) is 6.54 Å². The van der Waals surface area contributed by atoms with E-state index >= 15 is 0 Å². The molecule has 0 radical (unpaired) electrons. The lowest BCUT2D eigenvalue weighted by atomic mass is 9.96. The van der Waals surface area contributed by atoms with Crippen LogP contribution in [0.15, 0.2) is 48.5 Å². The molecule has 0 heterocycles. The Morgan fingerprint density at radius 1 is 0.952 bits per heavy atom. The van der Waals surface area contributed by atoms with Crippen LogP contribution in [-0.2, 0) is 6.42 Å². The fraction of sp³-hybridized carbons (Fsp3) is 0.368. The van der Waals surface area contributed by atoms with Crippen molar-refractivity contribution in [3.8, 4) is 0 Å². The van der Waals surface area contributed by atoms with Crippen LogP contribution in [0.2, 0.25) is 0 Å². The number of benzene rings is 2. The molecule has 0 aliphatic rings. The molecule has 2 heteroatoms. The van der Waals surface area contributed by atoms with Gasteiger partial charge in [-0.1, -0.05) is 56.7 Å². The maximum absolute atomic E-state index is 13.5. The van der Waals surface area contributed by atoms with Gasteiger partial charge in [-0.3, -0.25) is 0 Å². The van der Waals surface area contributed by atoms with Gasteiger partial charge in [0.05, 0.1) is 6.04 Å². The van der Waals surface area contributed by atoms with Gasteiger partial charge in [0.2, 0.25) is 0 Å². The summed E-state index contributed by atoms with van der Waals surface area (Å²) < 4.78 is 13.5. The molecular formula is C19H24FN. The van der Waals surface area contributed by atoms with Crippen molar-refractivity contribution in [1.29, 1.82) is 0 Å². The first-order chi connectivity index (χ1) is 10.2. The van der Waals surface area contributed by atoms with Gasteiger partial charge < -0.3 is 5.32 Å². The standard InChI is InChI=1S/C19H24FN/c1-3-7-15-8-5-9-16(13-15)19(21-12-4-2)17-10-6-11-18(20)14-17/h5-6,8-11,13-14,19,21H,3-4,7,12H2,1-2H3. The molecule has 0 bridgehead atoms. The number of hydrogen-bond acceptors (Lipinski definition) is 1. The average molecular weight is 285 g/mol. The van der Waals surface area contributed by atoms with Crippen molar-refractivity contribution in [1.82, 2.24) is 5.32 Å². The van der Waals surface area contributed by atoms with Crippen molar-refractivity contribution >= 4 is 0 Å². The molecule has 2 aromatic rings. The van der Waals surface area contributed by atoms with Crippen LogP contribution in [0.5, 0.6) is 0 Å². The fourth-order valence-electron chi connectivity index (χ4n) is 2.62. The number of hydrogen-bond donors (Lipinski definition) is 1. The largest absolute Gasteiger partial charge is 0.306 e. The van der Waals surface area contributed by atoms with Gasteiger partial charge in [0.15, 0.2) is 0 Å². The summed E-state index contributed by atoms with van der Waals surface area (Å²) in [7, 11) is 0. The Morgan fingerprint density at radius 2 is 1.67 bits per heavy atom. The Balaban J connectivity index is 2.33. The highest BCUT2D eigenvalue weighted by molar-refractivity contribution is 5.34. The van der Waals surface area contributed by atoms with Crippen LogP contribution in [0.25, 0.3) is 0 Å². The second-order valence-corrected chi connectivity index (χ2v) is 5.44. The third-order valence-corrected chi connectivity index (χ3v) is 3.60. The van der Waals surface area contributed by atoms with E-state index in [1.165, 1.54) is 17.2 Å². The fourth-order valence-corrected chi connectivity index (χ4v) is 2.62. The second-order valence-electron chi connectivity index (χ2n) is 5.44. The zero-order chi connectivity index (χ0) is 15.1. The van der Waals surface area contributed by atoms with Gasteiger partial charge in [-0.25, -0.2) is 4.39 Å². The zero-order valence-electron chi connectivity index (χ0n) is 12.9. The Kier molecular flexibility index (Phi) is 5.94. The first-order valence-corrected chi connectivity index (χ1v) is 7.82. The van der Waals surface area contributed by atoms with Crippen molar-refractivity contribution in [2.45, 2.75) is 39.2 Å². The molecule has 0 fully saturated rings. The molecule has 1 atom stereocenters. The molecule has 0 aromatic heterocycles. The van der Waals surface area contributed by atoms with Crippen LogP contribution >= 0.6 is 0 Å². The number of rotatable bonds is 7. The predicted octanol–water partition coefficient (Wildman–Crippen LogP) is 4.87. The van der Waals surface area contributed by atoms with Crippen molar-refractivity contribution in [3.05, 3.63) is 71.0 Å². The highest BCUT2D eigenvalue weighted by atomic mass is 19.1. The molecular weight excluding hydrogens is 261 g/mol. The summed E-state index contributed by atoms with van der Waals surface area (Å²) in [6.07, 6.45) is 3.27. The van der Waals surface area contributed by atoms with Gasteiger partial charge in [-0.05, 0) is 48.2 Å². The van der Waals surface area contributed by atoms with Crippen molar-refractivity contribution in [2.24, 2.45) is 0 Å². The lowest BCUT2D eigenvalue weighted by Crippen LogP contribution is -2.23. The quantitative estimate of drug-likeness (QED) is 0.765. The zero-order valence-corrected chi connectivity index (χ0v) is 12.9. The van der Waals surface area contributed by atoms with Gasteiger partial charge in [0.25, 0.3) is 0 Å². The van der Waals surface area contributed by atoms with Crippen LogP contribution < -0.4 is 5.32 Å². The number of aryl methyl sites for hydroxylation is 1. The minimum atomic E-state index is -0.180. The molecule has 1 N–H and O–H groups in total. The van der Waals surface area contributed by atoms with E-state index in [4.69, 9.17) is 0 Å². The minimum absolute atomic E-state index is 0.0532. The molecule has 0 saturated carbocycles. The van der Waals surface area contributed by atoms with Crippen LogP contribution in [0.4, 0.5) is 4.39 Å². The monoisotopic (exact) mass is 285 g/mol. The summed E-state index contributed by atoms with van der Waals surface area (Å²) in [6.45, 7) is 5.24. The van der Waals surface area contributed by atoms with E-state index in [0.29, 0.717) is 0 Å². The smallest absolute Gasteiger partial charge is 0.123 e. The summed E-state index contributed by atoms with van der Waals surface area (Å²) in [5.41, 5.74) is 3.53. The molecule has 0 saturated heterocycles. The molecule has 0 aliphatic heterocycles. The van der Waals surface area contributed by atoms with E-state index in [9.17, 15) is 4.39 Å². The lowest BCUT2D eigenvalue weighted by Gasteiger charge is -2.20. The van der Waals surface area contributed by atoms with E-state index < -0.39 is 0 Å². The second kappa shape index (κ2) is 7.94. The maximum Gasteiger partial charge on any atom is 0.123 e. The minimum Gasteiger partial charge on any atom is -0.306 e. The Hall–Kier alpha value is -1.67. The third-order valence-electron chi connectivity index (χ3n) is 3.60. The average Bonchev–Trinajstić information content (AvgIpc) is 2.49. The van der Waals surface area contributed by atoms with Crippen LogP contribution in [0.1, 0.15) is 49.4 Å². The highest BCUT2D eigenvalue weighted by Crippen LogP contribution is 2.24. The van der Waals surface area contributed by atoms with Crippen LogP contribution in [-0.4, -0.2) is 6.54 Å². The number of nitrogens with one attached hydrogen (secondary N) is 1. The van der Waals surface area contributed by atoms with Gasteiger partial charge >= 0.3 is 0 Å². The first-order valence-electron chi connectivity index (χ1n) is 7.82. The third kappa shape index (κ3) is 4.40. The molecule has 1 nitrogen and oxygen atoms in total. The van der Waals surface area contributed by atoms with Crippen molar-refractivity contribution in [3.63, 3.8) is 0 Å². The molecule has 0 aliphatic carbocycles. The molecule has 0 amide bonds. The molecule has 112 valence electrons. The topological polar surface area (TPSA) is 12.0 Å². The summed E-state index contributed by atoms with van der Waals surface area (Å²) in [6, 6.07) is 15.6. The van der Waals surface area contributed by atoms with Gasteiger partial charge in [-0.2, -0.15) is 0 Å². The van der Waals surface area contributed by atoms with Crippen molar-refractivity contribution < 1.29 is 4.39 Å². The van der Waals surface area contributed by atoms with Gasteiger partial charge in [0, 0.05) is 0 Å². The highest BCUT2D eigenvalue weighted by Gasteiger charge is 2.14. The SMILES string of the molecule is CCCNC(c1cccc(F)c1)c1cccc(CCC)c1. The van der Waals surface area contributed by atoms with Gasteiger partial charge in [-0.15, -0.1) is 0 Å². The maximum atomic E-state index is 13.5. The summed E-state index contributed by atoms with van der Waals surface area (Å²) in [4.78, 5) is 0. The Labute approximate surface area is 127 Å². The predicted molar refractivity (Wildman–Crippen MR) is 87.0 cm³/mol. The summed E-state index contributed by atoms with van der Waals surface area (Å²) in [5, 5.41) is 3.53. The molecule has 1 unspecified atom stereocenters. The normalized spacial score (nSPS) is 12.3. The number of halogens is 1. The van der Waals surface area contributed by atoms with E-state index in [2.05, 4.69) is 43.4 Å². The van der Waals surface area contributed by atoms with E-state index in [1.54, 1.807) is 12.1 Å². The summed E-state index contributed by atoms with van der Waals surface area (Å²) in [5.74, 6) is -0.180. The van der Waals surface area contributed by atoms with E-state index in [0.717, 1.165) is 31.4 Å².